The molecule has 1 aliphatic heterocycles. The van der Waals surface area contributed by atoms with Gasteiger partial charge >= 0.3 is 0 Å². The van der Waals surface area contributed by atoms with Gasteiger partial charge in [0.15, 0.2) is 0 Å². The van der Waals surface area contributed by atoms with E-state index in [2.05, 4.69) is 16.3 Å². The molecule has 3 rings (SSSR count). The Kier molecular flexibility index (Phi) is 11.1. The summed E-state index contributed by atoms with van der Waals surface area (Å²) in [6.07, 6.45) is 3.63. The van der Waals surface area contributed by atoms with Crippen molar-refractivity contribution in [2.24, 2.45) is 5.73 Å². The number of methoxy groups -OCH3 is 1. The maximum atomic E-state index is 12.6. The van der Waals surface area contributed by atoms with Gasteiger partial charge in [0.25, 0.3) is 0 Å². The lowest BCUT2D eigenvalue weighted by Crippen LogP contribution is -2.43. The highest BCUT2D eigenvalue weighted by Crippen LogP contribution is 2.31. The quantitative estimate of drug-likeness (QED) is 0.686. The monoisotopic (exact) mass is 439 g/mol. The molecule has 0 spiro atoms. The molecule has 2 atom stereocenters. The summed E-state index contributed by atoms with van der Waals surface area (Å²) in [4.78, 5) is 15.1. The van der Waals surface area contributed by atoms with Crippen molar-refractivity contribution in [3.63, 3.8) is 0 Å². The number of halogens is 2. The first-order chi connectivity index (χ1) is 13.2. The van der Waals surface area contributed by atoms with Crippen LogP contribution in [0.1, 0.15) is 42.5 Å². The second kappa shape index (κ2) is 12.7. The number of benzene rings is 2. The van der Waals surface area contributed by atoms with E-state index in [-0.39, 0.29) is 36.8 Å². The Balaban J connectivity index is 0.00000210. The fourth-order valence-electron chi connectivity index (χ4n) is 3.73. The number of carbonyl (C=O) groups is 1. The summed E-state index contributed by atoms with van der Waals surface area (Å²) >= 11 is 0. The first kappa shape index (κ1) is 25.2. The smallest absolute Gasteiger partial charge is 0.241 e. The van der Waals surface area contributed by atoms with Crippen molar-refractivity contribution in [2.45, 2.75) is 31.3 Å². The topological polar surface area (TPSA) is 67.6 Å². The second-order valence-electron chi connectivity index (χ2n) is 6.99. The van der Waals surface area contributed by atoms with Crippen LogP contribution < -0.4 is 15.8 Å². The molecule has 0 aromatic heterocycles. The number of hydrogen-bond acceptors (Lipinski definition) is 4. The largest absolute Gasteiger partial charge is 0.496 e. The average molecular weight is 440 g/mol. The van der Waals surface area contributed by atoms with Crippen molar-refractivity contribution in [3.05, 3.63) is 65.7 Å². The van der Waals surface area contributed by atoms with Gasteiger partial charge in [0, 0.05) is 12.1 Å². The van der Waals surface area contributed by atoms with Crippen LogP contribution in [0.2, 0.25) is 0 Å². The van der Waals surface area contributed by atoms with Crippen LogP contribution in [-0.4, -0.2) is 37.6 Å². The molecule has 2 unspecified atom stereocenters. The SMILES string of the molecule is COc1ccccc1C(CNC(=O)C(N)c1ccccc1)N1CCCCC1.Cl.Cl. The minimum absolute atomic E-state index is 0. The van der Waals surface area contributed by atoms with Crippen molar-refractivity contribution >= 4 is 30.7 Å². The van der Waals surface area contributed by atoms with E-state index < -0.39 is 6.04 Å². The van der Waals surface area contributed by atoms with Crippen LogP contribution in [0.25, 0.3) is 0 Å². The summed E-state index contributed by atoms with van der Waals surface area (Å²) in [6, 6.07) is 16.9. The Hall–Kier alpha value is -1.79. The van der Waals surface area contributed by atoms with Crippen molar-refractivity contribution in [1.82, 2.24) is 10.2 Å². The normalized spacial score (nSPS) is 15.9. The highest BCUT2D eigenvalue weighted by atomic mass is 35.5. The van der Waals surface area contributed by atoms with Gasteiger partial charge in [-0.1, -0.05) is 55.0 Å². The number of rotatable bonds is 7. The first-order valence-electron chi connectivity index (χ1n) is 9.66. The molecule has 0 saturated carbocycles. The van der Waals surface area contributed by atoms with Gasteiger partial charge in [0.1, 0.15) is 11.8 Å². The maximum absolute atomic E-state index is 12.6. The maximum Gasteiger partial charge on any atom is 0.241 e. The number of hydrogen-bond donors (Lipinski definition) is 2. The molecule has 1 heterocycles. The molecule has 160 valence electrons. The Bertz CT molecular complexity index is 740. The molecule has 1 aliphatic rings. The van der Waals surface area contributed by atoms with E-state index in [1.54, 1.807) is 7.11 Å². The Morgan fingerprint density at radius 2 is 1.66 bits per heavy atom. The standard InChI is InChI=1S/C22H29N3O2.2ClH/c1-27-20-13-7-6-12-18(20)19(25-14-8-3-9-15-25)16-24-22(26)21(23)17-10-4-2-5-11-17;;/h2,4-7,10-13,19,21H,3,8-9,14-16,23H2,1H3,(H,24,26);2*1H. The van der Waals surface area contributed by atoms with Crippen LogP contribution in [-0.2, 0) is 4.79 Å². The Labute approximate surface area is 185 Å². The van der Waals surface area contributed by atoms with Crippen LogP contribution >= 0.6 is 24.8 Å². The molecule has 2 aromatic carbocycles. The molecule has 5 nitrogen and oxygen atoms in total. The molecule has 0 bridgehead atoms. The van der Waals surface area contributed by atoms with E-state index in [0.29, 0.717) is 6.54 Å². The van der Waals surface area contributed by atoms with Crippen molar-refractivity contribution in [1.29, 1.82) is 0 Å². The fourth-order valence-corrected chi connectivity index (χ4v) is 3.73. The summed E-state index contributed by atoms with van der Waals surface area (Å²) in [6.45, 7) is 2.58. The van der Waals surface area contributed by atoms with E-state index in [1.807, 2.05) is 48.5 Å². The molecular formula is C22H31Cl2N3O2. The molecule has 3 N–H and O–H groups in total. The zero-order valence-electron chi connectivity index (χ0n) is 16.8. The molecule has 0 aliphatic carbocycles. The first-order valence-corrected chi connectivity index (χ1v) is 9.66. The highest BCUT2D eigenvalue weighted by molar-refractivity contribution is 5.85. The van der Waals surface area contributed by atoms with Gasteiger partial charge in [0.05, 0.1) is 13.2 Å². The predicted molar refractivity (Wildman–Crippen MR) is 122 cm³/mol. The summed E-state index contributed by atoms with van der Waals surface area (Å²) in [7, 11) is 1.69. The van der Waals surface area contributed by atoms with E-state index in [9.17, 15) is 4.79 Å². The van der Waals surface area contributed by atoms with Gasteiger partial charge in [-0.15, -0.1) is 24.8 Å². The third-order valence-corrected chi connectivity index (χ3v) is 5.24. The number of ether oxygens (including phenoxy) is 1. The summed E-state index contributed by atoms with van der Waals surface area (Å²) in [5, 5.41) is 3.07. The summed E-state index contributed by atoms with van der Waals surface area (Å²) in [5.41, 5.74) is 8.08. The molecule has 1 amide bonds. The van der Waals surface area contributed by atoms with Crippen molar-refractivity contribution in [3.8, 4) is 5.75 Å². The van der Waals surface area contributed by atoms with Crippen LogP contribution in [0.5, 0.6) is 5.75 Å². The number of likely N-dealkylation sites (tertiary alicyclic amines) is 1. The van der Waals surface area contributed by atoms with Crippen molar-refractivity contribution < 1.29 is 9.53 Å². The Morgan fingerprint density at radius 1 is 1.03 bits per heavy atom. The minimum atomic E-state index is -0.661. The second-order valence-corrected chi connectivity index (χ2v) is 6.99. The van der Waals surface area contributed by atoms with Gasteiger partial charge in [0.2, 0.25) is 5.91 Å². The predicted octanol–water partition coefficient (Wildman–Crippen LogP) is 3.88. The van der Waals surface area contributed by atoms with Gasteiger partial charge < -0.3 is 15.8 Å². The lowest BCUT2D eigenvalue weighted by atomic mass is 10.00. The molecule has 7 heteroatoms. The van der Waals surface area contributed by atoms with Gasteiger partial charge in [-0.05, 0) is 37.6 Å². The number of amides is 1. The fraction of sp³-hybridized carbons (Fsp3) is 0.409. The van der Waals surface area contributed by atoms with Crippen molar-refractivity contribution in [2.75, 3.05) is 26.7 Å². The third-order valence-electron chi connectivity index (χ3n) is 5.24. The van der Waals surface area contributed by atoms with Crippen LogP contribution in [0.4, 0.5) is 0 Å². The number of nitrogens with zero attached hydrogens (tertiary/aromatic N) is 1. The zero-order valence-corrected chi connectivity index (χ0v) is 18.4. The van der Waals surface area contributed by atoms with Gasteiger partial charge in [-0.25, -0.2) is 0 Å². The van der Waals surface area contributed by atoms with E-state index in [1.165, 1.54) is 19.3 Å². The Morgan fingerprint density at radius 3 is 2.31 bits per heavy atom. The highest BCUT2D eigenvalue weighted by Gasteiger charge is 2.26. The van der Waals surface area contributed by atoms with Crippen LogP contribution in [0.15, 0.2) is 54.6 Å². The number of carbonyl (C=O) groups excluding carboxylic acids is 1. The number of para-hydroxylation sites is 1. The molecule has 2 aromatic rings. The van der Waals surface area contributed by atoms with Gasteiger partial charge in [-0.2, -0.15) is 0 Å². The lowest BCUT2D eigenvalue weighted by molar-refractivity contribution is -0.122. The number of piperidine rings is 1. The molecule has 0 radical (unpaired) electrons. The molecule has 29 heavy (non-hydrogen) atoms. The lowest BCUT2D eigenvalue weighted by Gasteiger charge is -2.35. The summed E-state index contributed by atoms with van der Waals surface area (Å²) < 4.78 is 5.58. The van der Waals surface area contributed by atoms with E-state index >= 15 is 0 Å². The summed E-state index contributed by atoms with van der Waals surface area (Å²) in [5.74, 6) is 0.702. The number of nitrogens with one attached hydrogen (secondary N) is 1. The molecule has 1 saturated heterocycles. The minimum Gasteiger partial charge on any atom is -0.496 e. The number of nitrogens with two attached hydrogens (primary N) is 1. The molecule has 1 fully saturated rings. The van der Waals surface area contributed by atoms with Crippen LogP contribution in [0, 0.1) is 0 Å². The average Bonchev–Trinajstić information content (AvgIpc) is 2.75. The third kappa shape index (κ3) is 6.61. The van der Waals surface area contributed by atoms with Gasteiger partial charge in [-0.3, -0.25) is 9.69 Å². The van der Waals surface area contributed by atoms with E-state index in [0.717, 1.165) is 30.0 Å². The van der Waals surface area contributed by atoms with E-state index in [4.69, 9.17) is 10.5 Å². The van der Waals surface area contributed by atoms with Crippen LogP contribution in [0.3, 0.4) is 0 Å². The zero-order chi connectivity index (χ0) is 19.1. The molecular weight excluding hydrogens is 409 g/mol.